The predicted molar refractivity (Wildman–Crippen MR) is 42.1 cm³/mol. The van der Waals surface area contributed by atoms with Crippen molar-refractivity contribution >= 4 is 0 Å². The third-order valence-electron chi connectivity index (χ3n) is 2.28. The molecule has 2 nitrogen and oxygen atoms in total. The van der Waals surface area contributed by atoms with Gasteiger partial charge in [-0.3, -0.25) is 0 Å². The van der Waals surface area contributed by atoms with Crippen molar-refractivity contribution in [2.24, 2.45) is 0 Å². The molecule has 1 saturated heterocycles. The smallest absolute Gasteiger partial charge is 0.0729 e. The molecule has 3 atom stereocenters. The molecule has 0 spiro atoms. The van der Waals surface area contributed by atoms with Crippen LogP contribution < -0.4 is 5.32 Å². The summed E-state index contributed by atoms with van der Waals surface area (Å²) in [6, 6.07) is 0.505. The molecule has 1 aliphatic rings. The van der Waals surface area contributed by atoms with E-state index < -0.39 is 0 Å². The molecule has 0 aromatic carbocycles. The molecule has 1 aliphatic heterocycles. The molecule has 1 rings (SSSR count). The summed E-state index contributed by atoms with van der Waals surface area (Å²) in [7, 11) is 1.98. The fourth-order valence-corrected chi connectivity index (χ4v) is 1.39. The van der Waals surface area contributed by atoms with Gasteiger partial charge in [-0.15, -0.1) is 0 Å². The van der Waals surface area contributed by atoms with Crippen molar-refractivity contribution in [1.29, 1.82) is 0 Å². The first-order valence-electron chi connectivity index (χ1n) is 4.06. The van der Waals surface area contributed by atoms with E-state index in [4.69, 9.17) is 4.74 Å². The number of rotatable bonds is 2. The highest BCUT2D eigenvalue weighted by Gasteiger charge is 2.25. The summed E-state index contributed by atoms with van der Waals surface area (Å²) in [5, 5.41) is 3.20. The summed E-state index contributed by atoms with van der Waals surface area (Å²) >= 11 is 0. The van der Waals surface area contributed by atoms with E-state index in [1.54, 1.807) is 0 Å². The number of nitrogens with one attached hydrogen (secondary N) is 1. The molecule has 0 aromatic heterocycles. The van der Waals surface area contributed by atoms with E-state index in [2.05, 4.69) is 19.2 Å². The Morgan fingerprint density at radius 3 is 2.60 bits per heavy atom. The van der Waals surface area contributed by atoms with Gasteiger partial charge in [0.15, 0.2) is 0 Å². The van der Waals surface area contributed by atoms with Crippen molar-refractivity contribution in [1.82, 2.24) is 5.32 Å². The lowest BCUT2D eigenvalue weighted by atomic mass is 10.1. The van der Waals surface area contributed by atoms with Crippen molar-refractivity contribution in [2.45, 2.75) is 44.9 Å². The maximum absolute atomic E-state index is 5.65. The quantitative estimate of drug-likeness (QED) is 0.626. The Balaban J connectivity index is 2.29. The molecule has 0 bridgehead atoms. The Labute approximate surface area is 63.0 Å². The Kier molecular flexibility index (Phi) is 2.69. The van der Waals surface area contributed by atoms with E-state index in [1.165, 1.54) is 12.8 Å². The molecular formula is C8H17NO. The molecule has 2 heteroatoms. The monoisotopic (exact) mass is 143 g/mol. The van der Waals surface area contributed by atoms with Crippen LogP contribution in [0.5, 0.6) is 0 Å². The molecule has 0 amide bonds. The summed E-state index contributed by atoms with van der Waals surface area (Å²) in [6.07, 6.45) is 3.35. The number of hydrogen-bond acceptors (Lipinski definition) is 2. The third kappa shape index (κ3) is 1.70. The minimum Gasteiger partial charge on any atom is -0.374 e. The standard InChI is InChI=1S/C8H17NO/c1-6-4-5-8(10-6)7(2)9-3/h6-9H,4-5H2,1-3H3. The van der Waals surface area contributed by atoms with Gasteiger partial charge in [-0.05, 0) is 33.7 Å². The summed E-state index contributed by atoms with van der Waals surface area (Å²) in [5.74, 6) is 0. The highest BCUT2D eigenvalue weighted by molar-refractivity contribution is 4.78. The molecule has 60 valence electrons. The average molecular weight is 143 g/mol. The normalized spacial score (nSPS) is 36.3. The van der Waals surface area contributed by atoms with Crippen molar-refractivity contribution in [3.8, 4) is 0 Å². The van der Waals surface area contributed by atoms with Gasteiger partial charge in [0, 0.05) is 6.04 Å². The van der Waals surface area contributed by atoms with Crippen LogP contribution in [0.2, 0.25) is 0 Å². The van der Waals surface area contributed by atoms with Gasteiger partial charge in [0.1, 0.15) is 0 Å². The lowest BCUT2D eigenvalue weighted by Gasteiger charge is -2.18. The van der Waals surface area contributed by atoms with Crippen LogP contribution in [-0.4, -0.2) is 25.3 Å². The molecule has 1 heterocycles. The van der Waals surface area contributed by atoms with E-state index in [0.29, 0.717) is 18.2 Å². The zero-order chi connectivity index (χ0) is 7.56. The molecule has 10 heavy (non-hydrogen) atoms. The van der Waals surface area contributed by atoms with Gasteiger partial charge in [0.25, 0.3) is 0 Å². The summed E-state index contributed by atoms with van der Waals surface area (Å²) in [4.78, 5) is 0. The first-order valence-corrected chi connectivity index (χ1v) is 4.06. The van der Waals surface area contributed by atoms with Gasteiger partial charge in [0.05, 0.1) is 12.2 Å². The minimum absolute atomic E-state index is 0.444. The number of likely N-dealkylation sites (N-methyl/N-ethyl adjacent to an activating group) is 1. The SMILES string of the molecule is CNC(C)C1CCC(C)O1. The van der Waals surface area contributed by atoms with Gasteiger partial charge in [-0.2, -0.15) is 0 Å². The molecule has 0 saturated carbocycles. The molecule has 3 unspecified atom stereocenters. The summed E-state index contributed by atoms with van der Waals surface area (Å²) in [5.41, 5.74) is 0. The zero-order valence-corrected chi connectivity index (χ0v) is 7.05. The maximum atomic E-state index is 5.65. The summed E-state index contributed by atoms with van der Waals surface area (Å²) < 4.78 is 5.65. The predicted octanol–water partition coefficient (Wildman–Crippen LogP) is 1.16. The van der Waals surface area contributed by atoms with E-state index >= 15 is 0 Å². The van der Waals surface area contributed by atoms with Crippen LogP contribution in [-0.2, 0) is 4.74 Å². The second-order valence-corrected chi connectivity index (χ2v) is 3.14. The lowest BCUT2D eigenvalue weighted by molar-refractivity contribution is 0.0376. The maximum Gasteiger partial charge on any atom is 0.0729 e. The van der Waals surface area contributed by atoms with Gasteiger partial charge in [-0.25, -0.2) is 0 Å². The first kappa shape index (κ1) is 8.02. The first-order chi connectivity index (χ1) is 4.74. The molecule has 0 aromatic rings. The van der Waals surface area contributed by atoms with Crippen molar-refractivity contribution < 1.29 is 4.74 Å². The molecule has 1 N–H and O–H groups in total. The van der Waals surface area contributed by atoms with Crippen LogP contribution in [0.4, 0.5) is 0 Å². The van der Waals surface area contributed by atoms with E-state index in [9.17, 15) is 0 Å². The molecular weight excluding hydrogens is 126 g/mol. The fraction of sp³-hybridized carbons (Fsp3) is 1.00. The Bertz CT molecular complexity index is 105. The van der Waals surface area contributed by atoms with Crippen LogP contribution in [0.15, 0.2) is 0 Å². The van der Waals surface area contributed by atoms with Crippen LogP contribution in [0, 0.1) is 0 Å². The molecule has 0 radical (unpaired) electrons. The average Bonchev–Trinajstić information content (AvgIpc) is 2.34. The Hall–Kier alpha value is -0.0800. The fourth-order valence-electron chi connectivity index (χ4n) is 1.39. The Morgan fingerprint density at radius 1 is 1.50 bits per heavy atom. The van der Waals surface area contributed by atoms with Gasteiger partial charge < -0.3 is 10.1 Å². The largest absolute Gasteiger partial charge is 0.374 e. The molecule has 1 fully saturated rings. The minimum atomic E-state index is 0.444. The topological polar surface area (TPSA) is 21.3 Å². The second-order valence-electron chi connectivity index (χ2n) is 3.14. The van der Waals surface area contributed by atoms with Crippen molar-refractivity contribution in [3.05, 3.63) is 0 Å². The van der Waals surface area contributed by atoms with Gasteiger partial charge in [0.2, 0.25) is 0 Å². The van der Waals surface area contributed by atoms with Crippen molar-refractivity contribution in [3.63, 3.8) is 0 Å². The van der Waals surface area contributed by atoms with Crippen LogP contribution in [0.25, 0.3) is 0 Å². The van der Waals surface area contributed by atoms with Crippen LogP contribution >= 0.6 is 0 Å². The zero-order valence-electron chi connectivity index (χ0n) is 7.05. The van der Waals surface area contributed by atoms with E-state index in [1.807, 2.05) is 7.05 Å². The van der Waals surface area contributed by atoms with E-state index in [-0.39, 0.29) is 0 Å². The second kappa shape index (κ2) is 3.35. The number of ether oxygens (including phenoxy) is 1. The van der Waals surface area contributed by atoms with Crippen LogP contribution in [0.3, 0.4) is 0 Å². The van der Waals surface area contributed by atoms with Gasteiger partial charge in [-0.1, -0.05) is 0 Å². The molecule has 0 aliphatic carbocycles. The lowest BCUT2D eigenvalue weighted by Crippen LogP contribution is -2.34. The highest BCUT2D eigenvalue weighted by atomic mass is 16.5. The van der Waals surface area contributed by atoms with Crippen LogP contribution in [0.1, 0.15) is 26.7 Å². The number of hydrogen-bond donors (Lipinski definition) is 1. The van der Waals surface area contributed by atoms with E-state index in [0.717, 1.165) is 0 Å². The van der Waals surface area contributed by atoms with Crippen molar-refractivity contribution in [2.75, 3.05) is 7.05 Å². The summed E-state index contributed by atoms with van der Waals surface area (Å²) in [6.45, 7) is 4.31. The highest BCUT2D eigenvalue weighted by Crippen LogP contribution is 2.21. The third-order valence-corrected chi connectivity index (χ3v) is 2.28. The Morgan fingerprint density at radius 2 is 2.20 bits per heavy atom. The van der Waals surface area contributed by atoms with Gasteiger partial charge >= 0.3 is 0 Å².